The second-order valence-corrected chi connectivity index (χ2v) is 3.12. The Morgan fingerprint density at radius 3 is 2.44 bits per heavy atom. The van der Waals surface area contributed by atoms with Crippen molar-refractivity contribution >= 4 is 11.8 Å². The van der Waals surface area contributed by atoms with Gasteiger partial charge in [0, 0.05) is 5.25 Å². The van der Waals surface area contributed by atoms with Gasteiger partial charge in [0.25, 0.3) is 0 Å². The van der Waals surface area contributed by atoms with Crippen LogP contribution in [0.2, 0.25) is 0 Å². The van der Waals surface area contributed by atoms with Gasteiger partial charge >= 0.3 is 0 Å². The Balaban J connectivity index is 3.53. The Morgan fingerprint density at radius 2 is 2.33 bits per heavy atom. The molecule has 0 heterocycles. The van der Waals surface area contributed by atoms with Crippen molar-refractivity contribution in [3.63, 3.8) is 0 Å². The van der Waals surface area contributed by atoms with Crippen LogP contribution in [0.1, 0.15) is 13.3 Å². The van der Waals surface area contributed by atoms with Crippen LogP contribution < -0.4 is 0 Å². The third kappa shape index (κ3) is 3.60. The maximum Gasteiger partial charge on any atom is 0.0633 e. The molecule has 0 fully saturated rings. The molecule has 0 aromatic carbocycles. The van der Waals surface area contributed by atoms with Gasteiger partial charge in [0.1, 0.15) is 0 Å². The van der Waals surface area contributed by atoms with Crippen molar-refractivity contribution in [2.75, 3.05) is 6.26 Å². The predicted molar refractivity (Wildman–Crippen MR) is 43.8 cm³/mol. The second kappa shape index (κ2) is 4.89. The maximum atomic E-state index is 9.07. The van der Waals surface area contributed by atoms with E-state index in [-0.39, 0.29) is 6.10 Å². The Morgan fingerprint density at radius 1 is 1.78 bits per heavy atom. The van der Waals surface area contributed by atoms with Gasteiger partial charge in [0.05, 0.1) is 6.10 Å². The first kappa shape index (κ1) is 9.05. The highest BCUT2D eigenvalue weighted by atomic mass is 32.2. The minimum atomic E-state index is -0.224. The zero-order valence-corrected chi connectivity index (χ0v) is 6.82. The molecular formula is C7H14OS. The minimum Gasteiger partial charge on any atom is -0.392 e. The van der Waals surface area contributed by atoms with Crippen LogP contribution in [-0.4, -0.2) is 22.7 Å². The molecule has 0 aliphatic carbocycles. The van der Waals surface area contributed by atoms with Gasteiger partial charge in [-0.1, -0.05) is 6.08 Å². The van der Waals surface area contributed by atoms with Crippen LogP contribution in [-0.2, 0) is 0 Å². The zero-order chi connectivity index (χ0) is 7.28. The van der Waals surface area contributed by atoms with E-state index in [1.807, 2.05) is 19.3 Å². The smallest absolute Gasteiger partial charge is 0.0633 e. The lowest BCUT2D eigenvalue weighted by molar-refractivity contribution is 0.192. The number of aliphatic hydroxyl groups excluding tert-OH is 1. The standard InChI is InChI=1S/C7H14OS/c1-4-5-7(9-3)6(2)8/h4,6-8H,1,5H2,2-3H3. The van der Waals surface area contributed by atoms with E-state index in [0.717, 1.165) is 6.42 Å². The quantitative estimate of drug-likeness (QED) is 0.609. The van der Waals surface area contributed by atoms with Gasteiger partial charge < -0.3 is 5.11 Å². The second-order valence-electron chi connectivity index (χ2n) is 2.04. The molecule has 0 saturated heterocycles. The SMILES string of the molecule is C=CCC(SC)C(C)O. The Kier molecular flexibility index (Phi) is 4.91. The molecule has 0 rings (SSSR count). The first-order chi connectivity index (χ1) is 4.22. The van der Waals surface area contributed by atoms with Crippen molar-refractivity contribution in [2.24, 2.45) is 0 Å². The number of allylic oxidation sites excluding steroid dienone is 1. The fourth-order valence-corrected chi connectivity index (χ4v) is 1.38. The molecule has 9 heavy (non-hydrogen) atoms. The van der Waals surface area contributed by atoms with Crippen molar-refractivity contribution in [1.29, 1.82) is 0 Å². The summed E-state index contributed by atoms with van der Waals surface area (Å²) in [6.07, 6.45) is 4.51. The molecule has 0 aromatic rings. The van der Waals surface area contributed by atoms with Gasteiger partial charge in [-0.25, -0.2) is 0 Å². The van der Waals surface area contributed by atoms with E-state index < -0.39 is 0 Å². The molecular weight excluding hydrogens is 132 g/mol. The Labute approximate surface area is 61.2 Å². The third-order valence-electron chi connectivity index (χ3n) is 1.24. The largest absolute Gasteiger partial charge is 0.392 e. The number of hydrogen-bond donors (Lipinski definition) is 1. The van der Waals surface area contributed by atoms with Crippen LogP contribution in [0.3, 0.4) is 0 Å². The summed E-state index contributed by atoms with van der Waals surface area (Å²) in [5.41, 5.74) is 0. The highest BCUT2D eigenvalue weighted by Crippen LogP contribution is 2.14. The van der Waals surface area contributed by atoms with Gasteiger partial charge in [-0.05, 0) is 19.6 Å². The molecule has 0 aromatic heterocycles. The molecule has 0 aliphatic heterocycles. The average Bonchev–Trinajstić information content (AvgIpc) is 1.82. The summed E-state index contributed by atoms with van der Waals surface area (Å²) in [7, 11) is 0. The van der Waals surface area contributed by atoms with Crippen molar-refractivity contribution in [3.05, 3.63) is 12.7 Å². The van der Waals surface area contributed by atoms with Crippen molar-refractivity contribution in [1.82, 2.24) is 0 Å². The van der Waals surface area contributed by atoms with E-state index in [9.17, 15) is 0 Å². The summed E-state index contributed by atoms with van der Waals surface area (Å²) in [5, 5.41) is 9.40. The first-order valence-electron chi connectivity index (χ1n) is 3.04. The molecule has 0 spiro atoms. The average molecular weight is 146 g/mol. The molecule has 1 N–H and O–H groups in total. The van der Waals surface area contributed by atoms with E-state index in [1.165, 1.54) is 0 Å². The van der Waals surface area contributed by atoms with E-state index in [1.54, 1.807) is 11.8 Å². The van der Waals surface area contributed by atoms with Crippen molar-refractivity contribution in [2.45, 2.75) is 24.7 Å². The van der Waals surface area contributed by atoms with Crippen LogP contribution in [0, 0.1) is 0 Å². The lowest BCUT2D eigenvalue weighted by Gasteiger charge is -2.14. The highest BCUT2D eigenvalue weighted by Gasteiger charge is 2.09. The predicted octanol–water partition coefficient (Wildman–Crippen LogP) is 1.67. The monoisotopic (exact) mass is 146 g/mol. The topological polar surface area (TPSA) is 20.2 Å². The Bertz CT molecular complexity index is 81.0. The highest BCUT2D eigenvalue weighted by molar-refractivity contribution is 7.99. The molecule has 0 aliphatic rings. The van der Waals surface area contributed by atoms with Crippen molar-refractivity contribution < 1.29 is 5.11 Å². The molecule has 0 saturated carbocycles. The number of thioether (sulfide) groups is 1. The van der Waals surface area contributed by atoms with E-state index in [0.29, 0.717) is 5.25 Å². The first-order valence-corrected chi connectivity index (χ1v) is 4.33. The summed E-state index contributed by atoms with van der Waals surface area (Å²) in [6.45, 7) is 5.42. The lowest BCUT2D eigenvalue weighted by Crippen LogP contribution is -2.17. The third-order valence-corrected chi connectivity index (χ3v) is 2.43. The summed E-state index contributed by atoms with van der Waals surface area (Å²) in [4.78, 5) is 0. The summed E-state index contributed by atoms with van der Waals surface area (Å²) in [6, 6.07) is 0. The summed E-state index contributed by atoms with van der Waals surface area (Å²) < 4.78 is 0. The molecule has 2 unspecified atom stereocenters. The zero-order valence-electron chi connectivity index (χ0n) is 6.00. The maximum absolute atomic E-state index is 9.07. The van der Waals surface area contributed by atoms with Gasteiger partial charge in [-0.3, -0.25) is 0 Å². The van der Waals surface area contributed by atoms with Crippen LogP contribution in [0.15, 0.2) is 12.7 Å². The van der Waals surface area contributed by atoms with Crippen LogP contribution in [0.5, 0.6) is 0 Å². The molecule has 54 valence electrons. The number of hydrogen-bond acceptors (Lipinski definition) is 2. The van der Waals surface area contributed by atoms with Crippen molar-refractivity contribution in [3.8, 4) is 0 Å². The number of rotatable bonds is 4. The van der Waals surface area contributed by atoms with Crippen LogP contribution >= 0.6 is 11.8 Å². The van der Waals surface area contributed by atoms with E-state index >= 15 is 0 Å². The molecule has 0 radical (unpaired) electrons. The normalized spacial score (nSPS) is 16.8. The molecule has 2 atom stereocenters. The van der Waals surface area contributed by atoms with Gasteiger partial charge in [0.2, 0.25) is 0 Å². The Hall–Kier alpha value is 0.0500. The fourth-order valence-electron chi connectivity index (χ4n) is 0.654. The van der Waals surface area contributed by atoms with Crippen LogP contribution in [0.4, 0.5) is 0 Å². The lowest BCUT2D eigenvalue weighted by atomic mass is 10.2. The molecule has 1 nitrogen and oxygen atoms in total. The molecule has 2 heteroatoms. The van der Waals surface area contributed by atoms with Crippen LogP contribution in [0.25, 0.3) is 0 Å². The van der Waals surface area contributed by atoms with Gasteiger partial charge in [-0.2, -0.15) is 11.8 Å². The van der Waals surface area contributed by atoms with E-state index in [2.05, 4.69) is 6.58 Å². The van der Waals surface area contributed by atoms with E-state index in [4.69, 9.17) is 5.11 Å². The minimum absolute atomic E-state index is 0.224. The summed E-state index contributed by atoms with van der Waals surface area (Å²) >= 11 is 1.68. The van der Waals surface area contributed by atoms with Gasteiger partial charge in [0.15, 0.2) is 0 Å². The number of aliphatic hydroxyl groups is 1. The van der Waals surface area contributed by atoms with Gasteiger partial charge in [-0.15, -0.1) is 6.58 Å². The fraction of sp³-hybridized carbons (Fsp3) is 0.714. The molecule has 0 amide bonds. The molecule has 0 bridgehead atoms. The summed E-state index contributed by atoms with van der Waals surface area (Å²) in [5.74, 6) is 0.